The Morgan fingerprint density at radius 1 is 1.27 bits per heavy atom. The summed E-state index contributed by atoms with van der Waals surface area (Å²) < 4.78 is 0. The first-order valence-electron chi connectivity index (χ1n) is 7.37. The van der Waals surface area contributed by atoms with E-state index in [-0.39, 0.29) is 18.4 Å². The van der Waals surface area contributed by atoms with Crippen molar-refractivity contribution in [3.63, 3.8) is 0 Å². The highest BCUT2D eigenvalue weighted by molar-refractivity contribution is 6.07. The summed E-state index contributed by atoms with van der Waals surface area (Å²) in [7, 11) is 0. The molecule has 1 aromatic rings. The van der Waals surface area contributed by atoms with E-state index in [1.54, 1.807) is 4.90 Å². The molecule has 1 atom stereocenters. The summed E-state index contributed by atoms with van der Waals surface area (Å²) in [6, 6.07) is 5.50. The first kappa shape index (κ1) is 14.6. The SMILES string of the molecule is Cc1ccc(CC(=O)N2CC[C@@]3(C2)NC(=O)NC3=O)cc1C. The number of nitrogens with one attached hydrogen (secondary N) is 2. The van der Waals surface area contributed by atoms with Crippen LogP contribution in [-0.2, 0) is 16.0 Å². The molecule has 0 saturated carbocycles. The molecule has 0 radical (unpaired) electrons. The molecule has 2 aliphatic rings. The fraction of sp³-hybridized carbons (Fsp3) is 0.438. The van der Waals surface area contributed by atoms with Crippen molar-refractivity contribution < 1.29 is 14.4 Å². The molecule has 3 rings (SSSR count). The summed E-state index contributed by atoms with van der Waals surface area (Å²) in [5, 5.41) is 4.90. The third-order valence-electron chi connectivity index (χ3n) is 4.56. The van der Waals surface area contributed by atoms with Gasteiger partial charge in [-0.15, -0.1) is 0 Å². The lowest BCUT2D eigenvalue weighted by Gasteiger charge is -2.21. The van der Waals surface area contributed by atoms with E-state index in [2.05, 4.69) is 10.6 Å². The maximum atomic E-state index is 12.4. The Morgan fingerprint density at radius 3 is 2.68 bits per heavy atom. The molecule has 2 saturated heterocycles. The zero-order chi connectivity index (χ0) is 15.9. The molecule has 1 spiro atoms. The molecule has 0 unspecified atom stereocenters. The Labute approximate surface area is 128 Å². The number of rotatable bonds is 2. The fourth-order valence-corrected chi connectivity index (χ4v) is 3.04. The van der Waals surface area contributed by atoms with Crippen LogP contribution in [0.1, 0.15) is 23.1 Å². The van der Waals surface area contributed by atoms with Gasteiger partial charge in [0.25, 0.3) is 5.91 Å². The van der Waals surface area contributed by atoms with Crippen LogP contribution in [0.4, 0.5) is 4.79 Å². The average molecular weight is 301 g/mol. The first-order valence-corrected chi connectivity index (χ1v) is 7.37. The summed E-state index contributed by atoms with van der Waals surface area (Å²) in [5.41, 5.74) is 2.39. The van der Waals surface area contributed by atoms with Crippen LogP contribution in [0.3, 0.4) is 0 Å². The lowest BCUT2D eigenvalue weighted by molar-refractivity contribution is -0.130. The number of hydrogen-bond donors (Lipinski definition) is 2. The van der Waals surface area contributed by atoms with Gasteiger partial charge in [0.05, 0.1) is 13.0 Å². The van der Waals surface area contributed by atoms with Gasteiger partial charge in [-0.3, -0.25) is 14.9 Å². The lowest BCUT2D eigenvalue weighted by atomic mass is 9.99. The number of hydrogen-bond acceptors (Lipinski definition) is 3. The molecule has 6 nitrogen and oxygen atoms in total. The van der Waals surface area contributed by atoms with Gasteiger partial charge in [-0.2, -0.15) is 0 Å². The molecule has 4 amide bonds. The van der Waals surface area contributed by atoms with Gasteiger partial charge in [-0.1, -0.05) is 18.2 Å². The third kappa shape index (κ3) is 2.45. The summed E-state index contributed by atoms with van der Waals surface area (Å²) in [6.45, 7) is 4.78. The molecule has 116 valence electrons. The molecule has 0 aliphatic carbocycles. The maximum Gasteiger partial charge on any atom is 0.322 e. The van der Waals surface area contributed by atoms with Gasteiger partial charge < -0.3 is 10.2 Å². The number of carbonyl (C=O) groups excluding carboxylic acids is 3. The largest absolute Gasteiger partial charge is 0.339 e. The molecule has 2 fully saturated rings. The van der Waals surface area contributed by atoms with E-state index in [1.807, 2.05) is 32.0 Å². The second kappa shape index (κ2) is 5.12. The van der Waals surface area contributed by atoms with Crippen LogP contribution in [0.25, 0.3) is 0 Å². The molecule has 2 heterocycles. The van der Waals surface area contributed by atoms with Crippen molar-refractivity contribution in [2.24, 2.45) is 0 Å². The number of urea groups is 1. The Hall–Kier alpha value is -2.37. The molecule has 0 bridgehead atoms. The van der Waals surface area contributed by atoms with Crippen LogP contribution in [0.5, 0.6) is 0 Å². The van der Waals surface area contributed by atoms with Crippen molar-refractivity contribution >= 4 is 17.8 Å². The number of benzene rings is 1. The minimum Gasteiger partial charge on any atom is -0.339 e. The summed E-state index contributed by atoms with van der Waals surface area (Å²) in [4.78, 5) is 37.3. The predicted octanol–water partition coefficient (Wildman–Crippen LogP) is 0.656. The zero-order valence-corrected chi connectivity index (χ0v) is 12.7. The van der Waals surface area contributed by atoms with Crippen LogP contribution in [0.15, 0.2) is 18.2 Å². The van der Waals surface area contributed by atoms with Crippen molar-refractivity contribution in [1.82, 2.24) is 15.5 Å². The smallest absolute Gasteiger partial charge is 0.322 e. The number of likely N-dealkylation sites (tertiary alicyclic amines) is 1. The van der Waals surface area contributed by atoms with Gasteiger partial charge in [-0.25, -0.2) is 4.79 Å². The van der Waals surface area contributed by atoms with Crippen molar-refractivity contribution in [2.75, 3.05) is 13.1 Å². The number of carbonyl (C=O) groups is 3. The number of amides is 4. The van der Waals surface area contributed by atoms with Crippen molar-refractivity contribution in [3.05, 3.63) is 34.9 Å². The molecular formula is C16H19N3O3. The number of aryl methyl sites for hydroxylation is 2. The summed E-state index contributed by atoms with van der Waals surface area (Å²) in [5.74, 6) is -0.354. The predicted molar refractivity (Wildman–Crippen MR) is 80.2 cm³/mol. The van der Waals surface area contributed by atoms with E-state index in [4.69, 9.17) is 0 Å². The zero-order valence-electron chi connectivity index (χ0n) is 12.7. The highest BCUT2D eigenvalue weighted by Gasteiger charge is 2.51. The van der Waals surface area contributed by atoms with Gasteiger partial charge in [0.15, 0.2) is 0 Å². The summed E-state index contributed by atoms with van der Waals surface area (Å²) in [6.07, 6.45) is 0.774. The fourth-order valence-electron chi connectivity index (χ4n) is 3.04. The Balaban J connectivity index is 1.68. The maximum absolute atomic E-state index is 12.4. The molecule has 6 heteroatoms. The van der Waals surface area contributed by atoms with E-state index in [9.17, 15) is 14.4 Å². The van der Waals surface area contributed by atoms with Gasteiger partial charge in [-0.05, 0) is 37.0 Å². The monoisotopic (exact) mass is 301 g/mol. The highest BCUT2D eigenvalue weighted by atomic mass is 16.2. The Morgan fingerprint density at radius 2 is 2.05 bits per heavy atom. The quantitative estimate of drug-likeness (QED) is 0.788. The van der Waals surface area contributed by atoms with E-state index in [0.717, 1.165) is 11.1 Å². The number of imide groups is 1. The second-order valence-corrected chi connectivity index (χ2v) is 6.15. The minimum absolute atomic E-state index is 0.0194. The van der Waals surface area contributed by atoms with Crippen LogP contribution < -0.4 is 10.6 Å². The second-order valence-electron chi connectivity index (χ2n) is 6.15. The van der Waals surface area contributed by atoms with E-state index < -0.39 is 11.6 Å². The first-order chi connectivity index (χ1) is 10.4. The van der Waals surface area contributed by atoms with E-state index in [1.165, 1.54) is 5.56 Å². The highest BCUT2D eigenvalue weighted by Crippen LogP contribution is 2.25. The molecular weight excluding hydrogens is 282 g/mol. The normalized spacial score (nSPS) is 23.8. The molecule has 1 aromatic carbocycles. The van der Waals surface area contributed by atoms with E-state index >= 15 is 0 Å². The molecule has 0 aromatic heterocycles. The Kier molecular flexibility index (Phi) is 3.39. The van der Waals surface area contributed by atoms with Gasteiger partial charge in [0.1, 0.15) is 5.54 Å². The average Bonchev–Trinajstić information content (AvgIpc) is 2.99. The standard InChI is InChI=1S/C16H19N3O3/c1-10-3-4-12(7-11(10)2)8-13(20)19-6-5-16(9-19)14(21)17-15(22)18-16/h3-4,7H,5-6,8-9H2,1-2H3,(H2,17,18,21,22)/t16-/m0/s1. The van der Waals surface area contributed by atoms with Crippen LogP contribution in [-0.4, -0.2) is 41.4 Å². The summed E-state index contributed by atoms with van der Waals surface area (Å²) >= 11 is 0. The van der Waals surface area contributed by atoms with Gasteiger partial charge >= 0.3 is 6.03 Å². The molecule has 2 aliphatic heterocycles. The Bertz CT molecular complexity index is 671. The molecule has 22 heavy (non-hydrogen) atoms. The van der Waals surface area contributed by atoms with Crippen molar-refractivity contribution in [2.45, 2.75) is 32.2 Å². The third-order valence-corrected chi connectivity index (χ3v) is 4.56. The van der Waals surface area contributed by atoms with Crippen LogP contribution in [0.2, 0.25) is 0 Å². The lowest BCUT2D eigenvalue weighted by Crippen LogP contribution is -2.49. The van der Waals surface area contributed by atoms with Crippen molar-refractivity contribution in [3.8, 4) is 0 Å². The number of nitrogens with zero attached hydrogens (tertiary/aromatic N) is 1. The van der Waals surface area contributed by atoms with Gasteiger partial charge in [0, 0.05) is 6.54 Å². The van der Waals surface area contributed by atoms with Crippen LogP contribution in [0, 0.1) is 13.8 Å². The van der Waals surface area contributed by atoms with Crippen molar-refractivity contribution in [1.29, 1.82) is 0 Å². The minimum atomic E-state index is -0.935. The van der Waals surface area contributed by atoms with E-state index in [0.29, 0.717) is 19.4 Å². The van der Waals surface area contributed by atoms with Gasteiger partial charge in [0.2, 0.25) is 5.91 Å². The van der Waals surface area contributed by atoms with Crippen LogP contribution >= 0.6 is 0 Å². The molecule has 2 N–H and O–H groups in total. The topological polar surface area (TPSA) is 78.5 Å².